The van der Waals surface area contributed by atoms with Crippen LogP contribution in [0.5, 0.6) is 0 Å². The number of anilines is 3. The second-order valence-corrected chi connectivity index (χ2v) is 4.98. The third-order valence-corrected chi connectivity index (χ3v) is 3.29. The van der Waals surface area contributed by atoms with Gasteiger partial charge in [0.15, 0.2) is 0 Å². The summed E-state index contributed by atoms with van der Waals surface area (Å²) in [5, 5.41) is 6.30. The average Bonchev–Trinajstić information content (AvgIpc) is 2.31. The maximum Gasteiger partial charge on any atom is 0.224 e. The Morgan fingerprint density at radius 3 is 2.94 bits per heavy atom. The molecule has 2 rings (SSSR count). The number of hydrogen-bond acceptors (Lipinski definition) is 3. The molecule has 1 unspecified atom stereocenters. The molecule has 0 aromatic heterocycles. The highest BCUT2D eigenvalue weighted by molar-refractivity contribution is 5.95. The molecule has 0 radical (unpaired) electrons. The van der Waals surface area contributed by atoms with Gasteiger partial charge in [-0.15, -0.1) is 0 Å². The highest BCUT2D eigenvalue weighted by atomic mass is 16.1. The van der Waals surface area contributed by atoms with Gasteiger partial charge in [0.05, 0.1) is 11.4 Å². The number of nitrogens with one attached hydrogen (secondary N) is 2. The predicted molar refractivity (Wildman–Crippen MR) is 75.8 cm³/mol. The van der Waals surface area contributed by atoms with E-state index in [1.54, 1.807) is 0 Å². The van der Waals surface area contributed by atoms with E-state index in [1.807, 2.05) is 12.1 Å². The van der Waals surface area contributed by atoms with Crippen LogP contribution in [0.3, 0.4) is 0 Å². The number of rotatable bonds is 4. The van der Waals surface area contributed by atoms with Gasteiger partial charge in [-0.25, -0.2) is 0 Å². The van der Waals surface area contributed by atoms with Gasteiger partial charge in [0.1, 0.15) is 0 Å². The molecule has 1 aliphatic heterocycles. The Kier molecular flexibility index (Phi) is 3.75. The van der Waals surface area contributed by atoms with Crippen LogP contribution in [0.4, 0.5) is 17.1 Å². The summed E-state index contributed by atoms with van der Waals surface area (Å²) in [6.45, 7) is 4.30. The molecule has 0 spiro atoms. The highest BCUT2D eigenvalue weighted by Crippen LogP contribution is 2.31. The van der Waals surface area contributed by atoms with E-state index < -0.39 is 0 Å². The monoisotopic (exact) mass is 247 g/mol. The van der Waals surface area contributed by atoms with Gasteiger partial charge in [0, 0.05) is 18.2 Å². The predicted octanol–water partition coefficient (Wildman–Crippen LogP) is 2.75. The number of hydrogen-bond donors (Lipinski definition) is 3. The van der Waals surface area contributed by atoms with Crippen LogP contribution in [0.15, 0.2) is 12.1 Å². The Bertz CT molecular complexity index is 457. The fourth-order valence-corrected chi connectivity index (χ4v) is 2.34. The van der Waals surface area contributed by atoms with Crippen LogP contribution in [0.2, 0.25) is 0 Å². The summed E-state index contributed by atoms with van der Waals surface area (Å²) in [6, 6.07) is 4.30. The van der Waals surface area contributed by atoms with Gasteiger partial charge in [-0.05, 0) is 37.5 Å². The summed E-state index contributed by atoms with van der Waals surface area (Å²) in [4.78, 5) is 11.4. The van der Waals surface area contributed by atoms with Gasteiger partial charge in [0.2, 0.25) is 5.91 Å². The lowest BCUT2D eigenvalue weighted by molar-refractivity contribution is -0.116. The molecule has 1 aromatic rings. The number of fused-ring (bicyclic) bond motifs is 1. The Balaban J connectivity index is 2.21. The van der Waals surface area contributed by atoms with Gasteiger partial charge in [-0.2, -0.15) is 0 Å². The average molecular weight is 247 g/mol. The van der Waals surface area contributed by atoms with Crippen molar-refractivity contribution in [1.82, 2.24) is 0 Å². The summed E-state index contributed by atoms with van der Waals surface area (Å²) < 4.78 is 0. The van der Waals surface area contributed by atoms with Crippen LogP contribution in [0.1, 0.15) is 38.7 Å². The Labute approximate surface area is 108 Å². The molecule has 0 aliphatic carbocycles. The number of aryl methyl sites for hydroxylation is 1. The number of carbonyl (C=O) groups excluding carboxylic acids is 1. The largest absolute Gasteiger partial charge is 0.397 e. The van der Waals surface area contributed by atoms with Crippen LogP contribution >= 0.6 is 0 Å². The Hall–Kier alpha value is -1.71. The van der Waals surface area contributed by atoms with E-state index in [1.165, 1.54) is 0 Å². The highest BCUT2D eigenvalue weighted by Gasteiger charge is 2.17. The molecule has 1 amide bonds. The van der Waals surface area contributed by atoms with Gasteiger partial charge in [0.25, 0.3) is 0 Å². The first-order valence-corrected chi connectivity index (χ1v) is 6.59. The lowest BCUT2D eigenvalue weighted by Gasteiger charge is -2.21. The van der Waals surface area contributed by atoms with Crippen LogP contribution in [0.25, 0.3) is 0 Å². The topological polar surface area (TPSA) is 67.1 Å². The van der Waals surface area contributed by atoms with Gasteiger partial charge < -0.3 is 16.4 Å². The van der Waals surface area contributed by atoms with E-state index >= 15 is 0 Å². The summed E-state index contributed by atoms with van der Waals surface area (Å²) in [6.07, 6.45) is 3.56. The zero-order chi connectivity index (χ0) is 13.1. The lowest BCUT2D eigenvalue weighted by atomic mass is 10.0. The number of nitrogen functional groups attached to an aromatic ring is 1. The Morgan fingerprint density at radius 1 is 1.44 bits per heavy atom. The van der Waals surface area contributed by atoms with E-state index in [0.717, 1.165) is 41.9 Å². The minimum atomic E-state index is 0.0832. The van der Waals surface area contributed by atoms with Crippen molar-refractivity contribution in [2.75, 3.05) is 16.4 Å². The van der Waals surface area contributed by atoms with Crippen LogP contribution in [-0.2, 0) is 11.2 Å². The second kappa shape index (κ2) is 5.29. The minimum Gasteiger partial charge on any atom is -0.397 e. The lowest BCUT2D eigenvalue weighted by Crippen LogP contribution is -2.21. The first kappa shape index (κ1) is 12.7. The van der Waals surface area contributed by atoms with Gasteiger partial charge in [-0.3, -0.25) is 4.79 Å². The van der Waals surface area contributed by atoms with Crippen molar-refractivity contribution in [2.45, 2.75) is 45.6 Å². The molecule has 18 heavy (non-hydrogen) atoms. The number of carbonyl (C=O) groups is 1. The second-order valence-electron chi connectivity index (χ2n) is 4.98. The normalized spacial score (nSPS) is 15.8. The van der Waals surface area contributed by atoms with Crippen molar-refractivity contribution in [3.63, 3.8) is 0 Å². The fourth-order valence-electron chi connectivity index (χ4n) is 2.34. The molecule has 4 N–H and O–H groups in total. The quantitative estimate of drug-likeness (QED) is 0.717. The first-order chi connectivity index (χ1) is 8.60. The molecule has 4 nitrogen and oxygen atoms in total. The third kappa shape index (κ3) is 2.75. The Morgan fingerprint density at radius 2 is 2.22 bits per heavy atom. The van der Waals surface area contributed by atoms with Crippen molar-refractivity contribution in [3.8, 4) is 0 Å². The van der Waals surface area contributed by atoms with E-state index in [9.17, 15) is 4.79 Å². The standard InChI is InChI=1S/C14H21N3O/c1-3-4-9(2)16-13-8-12-10(7-11(13)15)5-6-14(18)17-12/h7-9,16H,3-6,15H2,1-2H3,(H,17,18). The van der Waals surface area contributed by atoms with Crippen LogP contribution < -0.4 is 16.4 Å². The van der Waals surface area contributed by atoms with Crippen molar-refractivity contribution < 1.29 is 4.79 Å². The van der Waals surface area contributed by atoms with Crippen molar-refractivity contribution >= 4 is 23.0 Å². The summed E-state index contributed by atoms with van der Waals surface area (Å²) in [7, 11) is 0. The molecule has 0 fully saturated rings. The van der Waals surface area contributed by atoms with Crippen LogP contribution in [-0.4, -0.2) is 11.9 Å². The number of nitrogens with two attached hydrogens (primary N) is 1. The fraction of sp³-hybridized carbons (Fsp3) is 0.500. The van der Waals surface area contributed by atoms with E-state index in [0.29, 0.717) is 12.5 Å². The van der Waals surface area contributed by atoms with E-state index in [-0.39, 0.29) is 5.91 Å². The van der Waals surface area contributed by atoms with E-state index in [4.69, 9.17) is 5.73 Å². The zero-order valence-corrected chi connectivity index (χ0v) is 11.0. The number of benzene rings is 1. The molecule has 1 aromatic carbocycles. The third-order valence-electron chi connectivity index (χ3n) is 3.29. The van der Waals surface area contributed by atoms with Crippen molar-refractivity contribution in [1.29, 1.82) is 0 Å². The molecule has 0 saturated carbocycles. The SMILES string of the molecule is CCCC(C)Nc1cc2c(cc1N)CCC(=O)N2. The molecule has 4 heteroatoms. The molecule has 1 aliphatic rings. The molecular formula is C14H21N3O. The summed E-state index contributed by atoms with van der Waals surface area (Å²) in [5.74, 6) is 0.0832. The maximum absolute atomic E-state index is 11.4. The van der Waals surface area contributed by atoms with Gasteiger partial charge >= 0.3 is 0 Å². The summed E-state index contributed by atoms with van der Waals surface area (Å²) >= 11 is 0. The van der Waals surface area contributed by atoms with Crippen LogP contribution in [0, 0.1) is 0 Å². The number of amides is 1. The molecule has 1 atom stereocenters. The zero-order valence-electron chi connectivity index (χ0n) is 11.0. The minimum absolute atomic E-state index is 0.0832. The molecule has 0 saturated heterocycles. The smallest absolute Gasteiger partial charge is 0.224 e. The molecule has 1 heterocycles. The molecule has 0 bridgehead atoms. The van der Waals surface area contributed by atoms with Crippen molar-refractivity contribution in [3.05, 3.63) is 17.7 Å². The first-order valence-electron chi connectivity index (χ1n) is 6.59. The van der Waals surface area contributed by atoms with Gasteiger partial charge in [-0.1, -0.05) is 13.3 Å². The molecular weight excluding hydrogens is 226 g/mol. The maximum atomic E-state index is 11.4. The van der Waals surface area contributed by atoms with E-state index in [2.05, 4.69) is 24.5 Å². The summed E-state index contributed by atoms with van der Waals surface area (Å²) in [5.41, 5.74) is 9.74. The molecule has 98 valence electrons. The van der Waals surface area contributed by atoms with Crippen molar-refractivity contribution in [2.24, 2.45) is 0 Å².